The molecule has 3 heteroatoms. The van der Waals surface area contributed by atoms with Gasteiger partial charge in [-0.1, -0.05) is 30.3 Å². The van der Waals surface area contributed by atoms with E-state index >= 15 is 0 Å². The maximum absolute atomic E-state index is 11.9. The van der Waals surface area contributed by atoms with Crippen molar-refractivity contribution in [2.45, 2.75) is 19.9 Å². The highest BCUT2D eigenvalue weighted by Crippen LogP contribution is 2.14. The molecule has 2 aromatic rings. The van der Waals surface area contributed by atoms with Crippen LogP contribution in [0.1, 0.15) is 34.6 Å². The molecule has 0 spiro atoms. The van der Waals surface area contributed by atoms with Gasteiger partial charge in [-0.15, -0.1) is 0 Å². The van der Waals surface area contributed by atoms with Crippen molar-refractivity contribution in [3.05, 3.63) is 59.5 Å². The van der Waals surface area contributed by atoms with Gasteiger partial charge in [-0.25, -0.2) is 0 Å². The number of benzene rings is 1. The third-order valence-electron chi connectivity index (χ3n) is 2.72. The van der Waals surface area contributed by atoms with E-state index in [1.807, 2.05) is 44.2 Å². The fraction of sp³-hybridized carbons (Fsp3) is 0.214. The van der Waals surface area contributed by atoms with Gasteiger partial charge in [0.2, 0.25) is 0 Å². The summed E-state index contributed by atoms with van der Waals surface area (Å²) < 4.78 is 5.15. The molecule has 2 rings (SSSR count). The Hall–Kier alpha value is -2.03. The van der Waals surface area contributed by atoms with Crippen LogP contribution in [-0.4, -0.2) is 5.91 Å². The number of amides is 1. The van der Waals surface area contributed by atoms with Crippen LogP contribution in [-0.2, 0) is 0 Å². The number of carbonyl (C=O) groups is 1. The molecule has 88 valence electrons. The first-order valence-corrected chi connectivity index (χ1v) is 5.58. The maximum atomic E-state index is 11.9. The van der Waals surface area contributed by atoms with Crippen LogP contribution in [0.25, 0.3) is 0 Å². The van der Waals surface area contributed by atoms with Gasteiger partial charge in [0.15, 0.2) is 5.76 Å². The number of rotatable bonds is 3. The minimum absolute atomic E-state index is 0.0341. The second-order valence-electron chi connectivity index (χ2n) is 4.04. The van der Waals surface area contributed by atoms with E-state index < -0.39 is 0 Å². The molecule has 0 fully saturated rings. The molecule has 1 amide bonds. The number of hydrogen-bond acceptors (Lipinski definition) is 2. The fourth-order valence-corrected chi connectivity index (χ4v) is 1.69. The molecule has 0 saturated carbocycles. The van der Waals surface area contributed by atoms with Gasteiger partial charge in [-0.3, -0.25) is 4.79 Å². The minimum Gasteiger partial charge on any atom is -0.459 e. The average Bonchev–Trinajstić information content (AvgIpc) is 2.76. The van der Waals surface area contributed by atoms with Crippen molar-refractivity contribution < 1.29 is 9.21 Å². The van der Waals surface area contributed by atoms with E-state index in [2.05, 4.69) is 5.32 Å². The van der Waals surface area contributed by atoms with Gasteiger partial charge in [-0.2, -0.15) is 0 Å². The quantitative estimate of drug-likeness (QED) is 0.878. The normalized spacial score (nSPS) is 12.1. The lowest BCUT2D eigenvalue weighted by molar-refractivity contribution is 0.0911. The van der Waals surface area contributed by atoms with E-state index in [4.69, 9.17) is 4.42 Å². The summed E-state index contributed by atoms with van der Waals surface area (Å²) in [4.78, 5) is 11.9. The van der Waals surface area contributed by atoms with Crippen molar-refractivity contribution in [3.8, 4) is 0 Å². The zero-order valence-electron chi connectivity index (χ0n) is 9.94. The Labute approximate surface area is 100 Å². The van der Waals surface area contributed by atoms with Crippen molar-refractivity contribution in [2.75, 3.05) is 0 Å². The minimum atomic E-state index is -0.177. The van der Waals surface area contributed by atoms with E-state index in [-0.39, 0.29) is 11.9 Å². The smallest absolute Gasteiger partial charge is 0.287 e. The molecular weight excluding hydrogens is 214 g/mol. The second-order valence-corrected chi connectivity index (χ2v) is 4.04. The Morgan fingerprint density at radius 2 is 1.94 bits per heavy atom. The molecule has 0 bridgehead atoms. The van der Waals surface area contributed by atoms with E-state index in [9.17, 15) is 4.79 Å². The summed E-state index contributed by atoms with van der Waals surface area (Å²) in [7, 11) is 0. The van der Waals surface area contributed by atoms with Crippen LogP contribution in [0.2, 0.25) is 0 Å². The van der Waals surface area contributed by atoms with Gasteiger partial charge in [0.05, 0.1) is 12.3 Å². The SMILES string of the molecule is Cc1ccoc1C(=O)NC(C)c1ccccc1. The summed E-state index contributed by atoms with van der Waals surface area (Å²) in [6.07, 6.45) is 1.53. The summed E-state index contributed by atoms with van der Waals surface area (Å²) in [5, 5.41) is 2.91. The van der Waals surface area contributed by atoms with Gasteiger partial charge in [0, 0.05) is 5.56 Å². The average molecular weight is 229 g/mol. The Morgan fingerprint density at radius 3 is 2.53 bits per heavy atom. The molecule has 1 atom stereocenters. The van der Waals surface area contributed by atoms with E-state index in [1.165, 1.54) is 6.26 Å². The lowest BCUT2D eigenvalue weighted by atomic mass is 10.1. The first-order valence-electron chi connectivity index (χ1n) is 5.58. The topological polar surface area (TPSA) is 42.2 Å². The van der Waals surface area contributed by atoms with Crippen LogP contribution in [0.5, 0.6) is 0 Å². The maximum Gasteiger partial charge on any atom is 0.287 e. The monoisotopic (exact) mass is 229 g/mol. The molecule has 1 aromatic heterocycles. The molecule has 1 unspecified atom stereocenters. The molecule has 0 radical (unpaired) electrons. The first kappa shape index (κ1) is 11.5. The Balaban J connectivity index is 2.08. The van der Waals surface area contributed by atoms with Crippen molar-refractivity contribution in [1.82, 2.24) is 5.32 Å². The summed E-state index contributed by atoms with van der Waals surface area (Å²) in [5.74, 6) is 0.205. The van der Waals surface area contributed by atoms with Crippen LogP contribution >= 0.6 is 0 Å². The highest BCUT2D eigenvalue weighted by atomic mass is 16.3. The molecule has 3 nitrogen and oxygen atoms in total. The van der Waals surface area contributed by atoms with Gasteiger partial charge in [-0.05, 0) is 25.5 Å². The second kappa shape index (κ2) is 4.87. The molecular formula is C14H15NO2. The van der Waals surface area contributed by atoms with E-state index in [0.29, 0.717) is 5.76 Å². The van der Waals surface area contributed by atoms with Gasteiger partial charge >= 0.3 is 0 Å². The van der Waals surface area contributed by atoms with Crippen LogP contribution < -0.4 is 5.32 Å². The molecule has 1 aromatic carbocycles. The van der Waals surface area contributed by atoms with Gasteiger partial charge < -0.3 is 9.73 Å². The zero-order chi connectivity index (χ0) is 12.3. The van der Waals surface area contributed by atoms with Crippen LogP contribution in [0.15, 0.2) is 47.1 Å². The summed E-state index contributed by atoms with van der Waals surface area (Å²) >= 11 is 0. The number of carbonyl (C=O) groups excluding carboxylic acids is 1. The molecule has 0 aliphatic carbocycles. The lowest BCUT2D eigenvalue weighted by Crippen LogP contribution is -2.26. The fourth-order valence-electron chi connectivity index (χ4n) is 1.69. The molecule has 0 aliphatic rings. The number of furan rings is 1. The predicted molar refractivity (Wildman–Crippen MR) is 65.8 cm³/mol. The van der Waals surface area contributed by atoms with Crippen LogP contribution in [0.3, 0.4) is 0 Å². The molecule has 0 aliphatic heterocycles. The zero-order valence-corrected chi connectivity index (χ0v) is 9.94. The van der Waals surface area contributed by atoms with Crippen molar-refractivity contribution >= 4 is 5.91 Å². The Bertz CT molecular complexity index is 502. The van der Waals surface area contributed by atoms with Crippen LogP contribution in [0, 0.1) is 6.92 Å². The number of nitrogens with one attached hydrogen (secondary N) is 1. The molecule has 0 saturated heterocycles. The standard InChI is InChI=1S/C14H15NO2/c1-10-8-9-17-13(10)14(16)15-11(2)12-6-4-3-5-7-12/h3-9,11H,1-2H3,(H,15,16). The van der Waals surface area contributed by atoms with Crippen molar-refractivity contribution in [3.63, 3.8) is 0 Å². The molecule has 17 heavy (non-hydrogen) atoms. The summed E-state index contributed by atoms with van der Waals surface area (Å²) in [6.45, 7) is 3.80. The summed E-state index contributed by atoms with van der Waals surface area (Å²) in [5.41, 5.74) is 1.92. The van der Waals surface area contributed by atoms with Crippen LogP contribution in [0.4, 0.5) is 0 Å². The third kappa shape index (κ3) is 2.56. The molecule has 1 N–H and O–H groups in total. The number of hydrogen-bond donors (Lipinski definition) is 1. The Morgan fingerprint density at radius 1 is 1.24 bits per heavy atom. The van der Waals surface area contributed by atoms with Gasteiger partial charge in [0.25, 0.3) is 5.91 Å². The van der Waals surface area contributed by atoms with E-state index in [0.717, 1.165) is 11.1 Å². The van der Waals surface area contributed by atoms with Crippen molar-refractivity contribution in [1.29, 1.82) is 0 Å². The highest BCUT2D eigenvalue weighted by Gasteiger charge is 2.15. The number of aryl methyl sites for hydroxylation is 1. The first-order chi connectivity index (χ1) is 8.18. The highest BCUT2D eigenvalue weighted by molar-refractivity contribution is 5.93. The third-order valence-corrected chi connectivity index (χ3v) is 2.72. The van der Waals surface area contributed by atoms with E-state index in [1.54, 1.807) is 6.07 Å². The van der Waals surface area contributed by atoms with Gasteiger partial charge in [0.1, 0.15) is 0 Å². The lowest BCUT2D eigenvalue weighted by Gasteiger charge is -2.13. The predicted octanol–water partition coefficient (Wildman–Crippen LogP) is 3.08. The summed E-state index contributed by atoms with van der Waals surface area (Å²) in [6, 6.07) is 11.6. The molecule has 1 heterocycles. The van der Waals surface area contributed by atoms with Crippen molar-refractivity contribution in [2.24, 2.45) is 0 Å². The largest absolute Gasteiger partial charge is 0.459 e. The Kier molecular flexibility index (Phi) is 3.28.